The summed E-state index contributed by atoms with van der Waals surface area (Å²) in [7, 11) is 0. The summed E-state index contributed by atoms with van der Waals surface area (Å²) >= 11 is 9.23. The maximum Gasteiger partial charge on any atom is 0.189 e. The number of hydrogen-bond donors (Lipinski definition) is 1. The molecule has 0 saturated carbocycles. The van der Waals surface area contributed by atoms with Crippen LogP contribution in [0.1, 0.15) is 6.42 Å². The van der Waals surface area contributed by atoms with E-state index < -0.39 is 0 Å². The molecule has 1 N–H and O–H groups in total. The van der Waals surface area contributed by atoms with Crippen molar-refractivity contribution in [1.82, 2.24) is 15.3 Å². The van der Waals surface area contributed by atoms with Crippen molar-refractivity contribution in [1.29, 1.82) is 0 Å². The van der Waals surface area contributed by atoms with Gasteiger partial charge in [-0.25, -0.2) is 9.97 Å². The molecule has 6 heteroatoms. The van der Waals surface area contributed by atoms with Crippen molar-refractivity contribution in [3.63, 3.8) is 0 Å². The molecule has 1 aliphatic heterocycles. The molecule has 1 aliphatic rings. The third-order valence-electron chi connectivity index (χ3n) is 2.46. The van der Waals surface area contributed by atoms with E-state index in [1.807, 2.05) is 12.3 Å². The maximum atomic E-state index is 5.93. The second kappa shape index (κ2) is 6.10. The van der Waals surface area contributed by atoms with Crippen LogP contribution < -0.4 is 5.32 Å². The molecule has 1 fully saturated rings. The van der Waals surface area contributed by atoms with Gasteiger partial charge in [-0.3, -0.25) is 0 Å². The first-order valence-electron chi connectivity index (χ1n) is 5.20. The molecule has 1 aromatic rings. The van der Waals surface area contributed by atoms with Crippen LogP contribution in [0.2, 0.25) is 5.15 Å². The predicted molar refractivity (Wildman–Crippen MR) is 70.5 cm³/mol. The third-order valence-corrected chi connectivity index (χ3v) is 4.35. The Hall–Kier alpha value is 0.0300. The molecule has 0 aliphatic carbocycles. The van der Waals surface area contributed by atoms with Crippen LogP contribution in [0.25, 0.3) is 0 Å². The fourth-order valence-electron chi connectivity index (χ4n) is 1.60. The summed E-state index contributed by atoms with van der Waals surface area (Å²) in [6, 6.07) is 1.84. The Bertz CT molecular complexity index is 356. The third kappa shape index (κ3) is 3.52. The summed E-state index contributed by atoms with van der Waals surface area (Å²) in [5.41, 5.74) is 0. The quantitative estimate of drug-likeness (QED) is 0.519. The average molecular weight is 276 g/mol. The number of rotatable bonds is 4. The summed E-state index contributed by atoms with van der Waals surface area (Å²) in [6.07, 6.45) is 3.22. The Morgan fingerprint density at radius 2 is 2.44 bits per heavy atom. The number of hydrogen-bond acceptors (Lipinski definition) is 5. The van der Waals surface area contributed by atoms with E-state index in [1.165, 1.54) is 18.2 Å². The molecule has 1 atom stereocenters. The maximum absolute atomic E-state index is 5.93. The summed E-state index contributed by atoms with van der Waals surface area (Å²) < 4.78 is 0. The van der Waals surface area contributed by atoms with Gasteiger partial charge in [-0.2, -0.15) is 0 Å². The lowest BCUT2D eigenvalue weighted by molar-refractivity contribution is 0.662. The molecule has 1 aromatic heterocycles. The van der Waals surface area contributed by atoms with Crippen LogP contribution in [0.5, 0.6) is 0 Å². The summed E-state index contributed by atoms with van der Waals surface area (Å²) in [5, 5.41) is 5.63. The van der Waals surface area contributed by atoms with Gasteiger partial charge in [-0.1, -0.05) is 23.4 Å². The highest BCUT2D eigenvalue weighted by atomic mass is 35.5. The molecule has 0 unspecified atom stereocenters. The van der Waals surface area contributed by atoms with Crippen molar-refractivity contribution in [2.45, 2.75) is 16.6 Å². The lowest BCUT2D eigenvalue weighted by atomic mass is 10.2. The molecule has 1 saturated heterocycles. The van der Waals surface area contributed by atoms with Gasteiger partial charge in [0.05, 0.1) is 0 Å². The minimum atomic E-state index is 0.534. The van der Waals surface area contributed by atoms with E-state index in [4.69, 9.17) is 11.6 Å². The number of thioether (sulfide) groups is 2. The molecular weight excluding hydrogens is 262 g/mol. The van der Waals surface area contributed by atoms with Gasteiger partial charge in [-0.05, 0) is 31.7 Å². The van der Waals surface area contributed by atoms with E-state index in [0.29, 0.717) is 5.15 Å². The van der Waals surface area contributed by atoms with Gasteiger partial charge in [0, 0.05) is 11.8 Å². The van der Waals surface area contributed by atoms with Crippen LogP contribution in [-0.4, -0.2) is 35.1 Å². The normalized spacial score (nSPS) is 20.2. The highest BCUT2D eigenvalue weighted by molar-refractivity contribution is 7.99. The Morgan fingerprint density at radius 1 is 1.56 bits per heavy atom. The van der Waals surface area contributed by atoms with Crippen molar-refractivity contribution >= 4 is 35.1 Å². The predicted octanol–water partition coefficient (Wildman–Crippen LogP) is 2.55. The van der Waals surface area contributed by atoms with E-state index in [0.717, 1.165) is 34.9 Å². The van der Waals surface area contributed by atoms with Gasteiger partial charge in [-0.15, -0.1) is 11.8 Å². The Morgan fingerprint density at radius 3 is 3.12 bits per heavy atom. The Balaban J connectivity index is 1.94. The van der Waals surface area contributed by atoms with E-state index >= 15 is 0 Å². The minimum Gasteiger partial charge on any atom is -0.316 e. The molecule has 88 valence electrons. The van der Waals surface area contributed by atoms with Gasteiger partial charge >= 0.3 is 0 Å². The first-order chi connectivity index (χ1) is 7.78. The molecule has 0 aromatic carbocycles. The molecule has 0 bridgehead atoms. The number of nitrogens with one attached hydrogen (secondary N) is 1. The zero-order valence-electron chi connectivity index (χ0n) is 9.07. The molecule has 2 heterocycles. The SMILES string of the molecule is CSc1nc(Cl)cc(SC[C@H]2CCNC2)n1. The highest BCUT2D eigenvalue weighted by Crippen LogP contribution is 2.25. The van der Waals surface area contributed by atoms with Crippen molar-refractivity contribution in [3.05, 3.63) is 11.2 Å². The second-order valence-corrected chi connectivity index (χ2v) is 5.89. The first kappa shape index (κ1) is 12.5. The standard InChI is InChI=1S/C10H14ClN3S2/c1-15-10-13-8(11)4-9(14-10)16-6-7-2-3-12-5-7/h4,7,12H,2-3,5-6H2,1H3/t7-/m0/s1. The topological polar surface area (TPSA) is 37.8 Å². The van der Waals surface area contributed by atoms with Gasteiger partial charge in [0.1, 0.15) is 10.2 Å². The molecule has 0 radical (unpaired) electrons. The zero-order chi connectivity index (χ0) is 11.4. The van der Waals surface area contributed by atoms with E-state index in [2.05, 4.69) is 15.3 Å². The van der Waals surface area contributed by atoms with Crippen molar-refractivity contribution in [3.8, 4) is 0 Å². The molecule has 3 nitrogen and oxygen atoms in total. The molecule has 16 heavy (non-hydrogen) atoms. The molecule has 0 amide bonds. The smallest absolute Gasteiger partial charge is 0.189 e. The van der Waals surface area contributed by atoms with Crippen molar-refractivity contribution in [2.24, 2.45) is 5.92 Å². The summed E-state index contributed by atoms with van der Waals surface area (Å²) in [6.45, 7) is 2.27. The number of nitrogens with zero attached hydrogens (tertiary/aromatic N) is 2. The van der Waals surface area contributed by atoms with Gasteiger partial charge in [0.15, 0.2) is 5.16 Å². The van der Waals surface area contributed by atoms with Crippen LogP contribution in [-0.2, 0) is 0 Å². The fourth-order valence-corrected chi connectivity index (χ4v) is 3.37. The van der Waals surface area contributed by atoms with Crippen LogP contribution in [0.3, 0.4) is 0 Å². The zero-order valence-corrected chi connectivity index (χ0v) is 11.5. The van der Waals surface area contributed by atoms with Crippen molar-refractivity contribution in [2.75, 3.05) is 25.1 Å². The van der Waals surface area contributed by atoms with Crippen LogP contribution in [0.15, 0.2) is 16.2 Å². The van der Waals surface area contributed by atoms with Crippen molar-refractivity contribution < 1.29 is 0 Å². The molecule has 2 rings (SSSR count). The Labute approximate surface area is 109 Å². The number of halogens is 1. The molecular formula is C10H14ClN3S2. The number of aromatic nitrogens is 2. The minimum absolute atomic E-state index is 0.534. The van der Waals surface area contributed by atoms with Crippen LogP contribution >= 0.6 is 35.1 Å². The van der Waals surface area contributed by atoms with Crippen LogP contribution in [0.4, 0.5) is 0 Å². The lowest BCUT2D eigenvalue weighted by Gasteiger charge is -2.07. The lowest BCUT2D eigenvalue weighted by Crippen LogP contribution is -2.10. The average Bonchev–Trinajstić information content (AvgIpc) is 2.78. The fraction of sp³-hybridized carbons (Fsp3) is 0.600. The first-order valence-corrected chi connectivity index (χ1v) is 7.79. The highest BCUT2D eigenvalue weighted by Gasteiger charge is 2.15. The van der Waals surface area contributed by atoms with Crippen LogP contribution in [0, 0.1) is 5.92 Å². The largest absolute Gasteiger partial charge is 0.316 e. The summed E-state index contributed by atoms with van der Waals surface area (Å²) in [5.74, 6) is 1.87. The van der Waals surface area contributed by atoms with E-state index in [9.17, 15) is 0 Å². The van der Waals surface area contributed by atoms with E-state index in [1.54, 1.807) is 11.8 Å². The monoisotopic (exact) mass is 275 g/mol. The second-order valence-electron chi connectivity index (χ2n) is 3.69. The Kier molecular flexibility index (Phi) is 4.76. The van der Waals surface area contributed by atoms with Gasteiger partial charge in [0.25, 0.3) is 0 Å². The molecule has 0 spiro atoms. The van der Waals surface area contributed by atoms with Gasteiger partial charge < -0.3 is 5.32 Å². The van der Waals surface area contributed by atoms with Gasteiger partial charge in [0.2, 0.25) is 0 Å². The van der Waals surface area contributed by atoms with E-state index in [-0.39, 0.29) is 0 Å². The summed E-state index contributed by atoms with van der Waals surface area (Å²) in [4.78, 5) is 8.55.